The molecule has 0 amide bonds. The van der Waals surface area contributed by atoms with Crippen molar-refractivity contribution in [2.24, 2.45) is 11.5 Å². The fourth-order valence-corrected chi connectivity index (χ4v) is 0.823. The number of rotatable bonds is 5. The molecule has 5 N–H and O–H groups in total. The molecule has 1 radical (unpaired) electrons. The zero-order valence-corrected chi connectivity index (χ0v) is 6.69. The Morgan fingerprint density at radius 2 is 2.10 bits per heavy atom. The molecule has 3 heteroatoms. The van der Waals surface area contributed by atoms with Gasteiger partial charge in [-0.05, 0) is 19.4 Å². The molecule has 0 aromatic carbocycles. The monoisotopic (exact) mass is 144 g/mol. The Bertz CT molecular complexity index is 80.9. The summed E-state index contributed by atoms with van der Waals surface area (Å²) in [7, 11) is 0. The van der Waals surface area contributed by atoms with E-state index in [1.54, 1.807) is 0 Å². The summed E-state index contributed by atoms with van der Waals surface area (Å²) >= 11 is 0. The van der Waals surface area contributed by atoms with Crippen molar-refractivity contribution in [1.29, 1.82) is 0 Å². The number of hydrogen-bond donors (Lipinski definition) is 3. The van der Waals surface area contributed by atoms with Gasteiger partial charge in [0, 0.05) is 0 Å². The summed E-state index contributed by atoms with van der Waals surface area (Å²) in [5.41, 5.74) is 11.3. The van der Waals surface area contributed by atoms with Crippen molar-refractivity contribution < 1.29 is 0 Å². The molecule has 0 aromatic rings. The van der Waals surface area contributed by atoms with Crippen molar-refractivity contribution in [3.05, 3.63) is 6.92 Å². The summed E-state index contributed by atoms with van der Waals surface area (Å²) in [6.45, 7) is 6.52. The molecule has 0 aliphatic heterocycles. The molecule has 0 aliphatic carbocycles. The van der Waals surface area contributed by atoms with Crippen molar-refractivity contribution in [2.45, 2.75) is 32.0 Å². The second-order valence-corrected chi connectivity index (χ2v) is 2.57. The highest BCUT2D eigenvalue weighted by atomic mass is 15.2. The molecular weight excluding hydrogens is 126 g/mol. The third kappa shape index (κ3) is 4.73. The first-order valence-corrected chi connectivity index (χ1v) is 3.74. The van der Waals surface area contributed by atoms with E-state index in [-0.39, 0.29) is 0 Å². The Balaban J connectivity index is 3.42. The molecule has 0 unspecified atom stereocenters. The summed E-state index contributed by atoms with van der Waals surface area (Å²) in [6, 6.07) is 0. The van der Waals surface area contributed by atoms with Gasteiger partial charge in [0.05, 0.1) is 0 Å². The van der Waals surface area contributed by atoms with E-state index in [2.05, 4.69) is 19.2 Å². The zero-order chi connectivity index (χ0) is 8.04. The van der Waals surface area contributed by atoms with Crippen LogP contribution in [0.5, 0.6) is 0 Å². The molecule has 61 valence electrons. The maximum atomic E-state index is 5.65. The molecule has 0 spiro atoms. The van der Waals surface area contributed by atoms with Gasteiger partial charge in [-0.25, -0.2) is 0 Å². The van der Waals surface area contributed by atoms with Gasteiger partial charge in [0.25, 0.3) is 0 Å². The molecule has 0 atom stereocenters. The lowest BCUT2D eigenvalue weighted by Crippen LogP contribution is -2.61. The summed E-state index contributed by atoms with van der Waals surface area (Å²) in [4.78, 5) is 0. The van der Waals surface area contributed by atoms with Crippen molar-refractivity contribution >= 4 is 0 Å². The normalized spacial score (nSPS) is 12.0. The third-order valence-corrected chi connectivity index (χ3v) is 1.29. The Hall–Kier alpha value is -0.120. The Kier molecular flexibility index (Phi) is 4.60. The van der Waals surface area contributed by atoms with E-state index in [1.807, 2.05) is 0 Å². The van der Waals surface area contributed by atoms with Gasteiger partial charge in [-0.2, -0.15) is 0 Å². The van der Waals surface area contributed by atoms with Crippen molar-refractivity contribution in [1.82, 2.24) is 5.32 Å². The van der Waals surface area contributed by atoms with Crippen LogP contribution in [0, 0.1) is 6.92 Å². The Morgan fingerprint density at radius 1 is 1.50 bits per heavy atom. The summed E-state index contributed by atoms with van der Waals surface area (Å²) < 4.78 is 0. The fraction of sp³-hybridized carbons (Fsp3) is 0.857. The number of hydrogen-bond acceptors (Lipinski definition) is 3. The van der Waals surface area contributed by atoms with Gasteiger partial charge >= 0.3 is 0 Å². The van der Waals surface area contributed by atoms with E-state index in [1.165, 1.54) is 0 Å². The van der Waals surface area contributed by atoms with Crippen LogP contribution in [0.25, 0.3) is 0 Å². The van der Waals surface area contributed by atoms with Crippen LogP contribution in [0.15, 0.2) is 0 Å². The first-order valence-electron chi connectivity index (χ1n) is 3.74. The van der Waals surface area contributed by atoms with E-state index in [4.69, 9.17) is 11.5 Å². The predicted octanol–water partition coefficient (Wildman–Crippen LogP) is 0.171. The van der Waals surface area contributed by atoms with E-state index >= 15 is 0 Å². The lowest BCUT2D eigenvalue weighted by atomic mass is 10.2. The fourth-order valence-electron chi connectivity index (χ4n) is 0.823. The minimum atomic E-state index is -0.688. The maximum absolute atomic E-state index is 5.65. The summed E-state index contributed by atoms with van der Waals surface area (Å²) in [5, 5.41) is 3.00. The molecule has 3 nitrogen and oxygen atoms in total. The minimum absolute atomic E-state index is 0.688. The van der Waals surface area contributed by atoms with E-state index in [9.17, 15) is 0 Å². The Labute approximate surface area is 63.2 Å². The van der Waals surface area contributed by atoms with Gasteiger partial charge in [0.2, 0.25) is 0 Å². The van der Waals surface area contributed by atoms with Crippen molar-refractivity contribution in [3.8, 4) is 0 Å². The average Bonchev–Trinajstić information content (AvgIpc) is 1.84. The first-order chi connectivity index (χ1) is 4.62. The van der Waals surface area contributed by atoms with Gasteiger partial charge in [-0.1, -0.05) is 20.3 Å². The molecule has 0 bridgehead atoms. The quantitative estimate of drug-likeness (QED) is 0.482. The molecule has 0 saturated carbocycles. The van der Waals surface area contributed by atoms with E-state index in [0.717, 1.165) is 25.8 Å². The van der Waals surface area contributed by atoms with Crippen LogP contribution in [0.4, 0.5) is 0 Å². The van der Waals surface area contributed by atoms with Gasteiger partial charge in [0.1, 0.15) is 5.79 Å². The maximum Gasteiger partial charge on any atom is 0.118 e. The van der Waals surface area contributed by atoms with Crippen LogP contribution in [-0.4, -0.2) is 12.3 Å². The summed E-state index contributed by atoms with van der Waals surface area (Å²) in [6.07, 6.45) is 2.62. The molecule has 0 saturated heterocycles. The third-order valence-electron chi connectivity index (χ3n) is 1.29. The highest BCUT2D eigenvalue weighted by Crippen LogP contribution is 1.96. The molecule has 0 heterocycles. The molecule has 0 aliphatic rings. The van der Waals surface area contributed by atoms with Gasteiger partial charge in [0.15, 0.2) is 0 Å². The van der Waals surface area contributed by atoms with Crippen molar-refractivity contribution in [2.75, 3.05) is 6.54 Å². The lowest BCUT2D eigenvalue weighted by Gasteiger charge is -2.24. The topological polar surface area (TPSA) is 64.1 Å². The number of nitrogens with two attached hydrogens (primary N) is 2. The highest BCUT2D eigenvalue weighted by Gasteiger charge is 2.14. The molecular formula is C7H18N3. The molecule has 0 aromatic heterocycles. The standard InChI is InChI=1S/C7H18N3/c1-3-5-7(8,9)10-6-4-2/h10H,2-6,8-9H2,1H3. The summed E-state index contributed by atoms with van der Waals surface area (Å²) in [5.74, 6) is -0.688. The minimum Gasteiger partial charge on any atom is -0.301 e. The smallest absolute Gasteiger partial charge is 0.118 e. The largest absolute Gasteiger partial charge is 0.301 e. The van der Waals surface area contributed by atoms with Crippen molar-refractivity contribution in [3.63, 3.8) is 0 Å². The van der Waals surface area contributed by atoms with Crippen LogP contribution in [0.3, 0.4) is 0 Å². The van der Waals surface area contributed by atoms with Gasteiger partial charge in [-0.3, -0.25) is 5.32 Å². The molecule has 0 rings (SSSR count). The van der Waals surface area contributed by atoms with Crippen LogP contribution < -0.4 is 16.8 Å². The van der Waals surface area contributed by atoms with Crippen LogP contribution in [-0.2, 0) is 0 Å². The zero-order valence-electron chi connectivity index (χ0n) is 6.69. The first kappa shape index (κ1) is 9.88. The Morgan fingerprint density at radius 3 is 2.50 bits per heavy atom. The lowest BCUT2D eigenvalue weighted by molar-refractivity contribution is 0.322. The average molecular weight is 144 g/mol. The van der Waals surface area contributed by atoms with Gasteiger partial charge in [-0.15, -0.1) is 0 Å². The van der Waals surface area contributed by atoms with E-state index < -0.39 is 5.79 Å². The predicted molar refractivity (Wildman–Crippen MR) is 44.0 cm³/mol. The second kappa shape index (κ2) is 4.66. The molecule has 10 heavy (non-hydrogen) atoms. The van der Waals surface area contributed by atoms with Crippen LogP contribution in [0.1, 0.15) is 26.2 Å². The van der Waals surface area contributed by atoms with Crippen LogP contribution >= 0.6 is 0 Å². The van der Waals surface area contributed by atoms with Crippen LogP contribution in [0.2, 0.25) is 0 Å². The SMILES string of the molecule is [CH2]CCNC(N)(N)CCC. The number of nitrogens with one attached hydrogen (secondary N) is 1. The van der Waals surface area contributed by atoms with E-state index in [0.29, 0.717) is 0 Å². The highest BCUT2D eigenvalue weighted by molar-refractivity contribution is 4.72. The van der Waals surface area contributed by atoms with Gasteiger partial charge < -0.3 is 11.5 Å². The second-order valence-electron chi connectivity index (χ2n) is 2.57. The molecule has 0 fully saturated rings.